The quantitative estimate of drug-likeness (QED) is 0.729. The van der Waals surface area contributed by atoms with Gasteiger partial charge in [0, 0.05) is 37.8 Å². The van der Waals surface area contributed by atoms with E-state index >= 15 is 0 Å². The summed E-state index contributed by atoms with van der Waals surface area (Å²) in [4.78, 5) is 39.9. The Labute approximate surface area is 178 Å². The maximum Gasteiger partial charge on any atom is 0.253 e. The molecule has 0 unspecified atom stereocenters. The molecule has 1 aromatic rings. The molecule has 2 aliphatic rings. The van der Waals surface area contributed by atoms with Crippen LogP contribution in [0, 0.1) is 5.92 Å². The Balaban J connectivity index is 0.00000300. The molecule has 0 bridgehead atoms. The van der Waals surface area contributed by atoms with Crippen LogP contribution in [-0.4, -0.2) is 62.4 Å². The predicted molar refractivity (Wildman–Crippen MR) is 116 cm³/mol. The van der Waals surface area contributed by atoms with E-state index in [0.717, 1.165) is 50.1 Å². The van der Waals surface area contributed by atoms with E-state index in [0.29, 0.717) is 18.0 Å². The molecule has 3 amide bonds. The monoisotopic (exact) mass is 422 g/mol. The maximum absolute atomic E-state index is 12.9. The predicted octanol–water partition coefficient (Wildman–Crippen LogP) is 1.60. The first-order chi connectivity index (χ1) is 13.5. The van der Waals surface area contributed by atoms with Crippen LogP contribution in [0.15, 0.2) is 18.2 Å². The number of amides is 3. The van der Waals surface area contributed by atoms with Gasteiger partial charge in [0.05, 0.1) is 6.54 Å². The van der Waals surface area contributed by atoms with Gasteiger partial charge in [-0.25, -0.2) is 0 Å². The normalized spacial score (nSPS) is 16.2. The molecule has 0 aliphatic carbocycles. The SMILES string of the molecule is CNCCC1CCN(C(=O)c2ccc3c(c2)CCN3C(=O)CNC(C)=O)CC1.Cl. The second-order valence-electron chi connectivity index (χ2n) is 7.68. The summed E-state index contributed by atoms with van der Waals surface area (Å²) in [6.07, 6.45) is 4.02. The van der Waals surface area contributed by atoms with Gasteiger partial charge < -0.3 is 20.4 Å². The highest BCUT2D eigenvalue weighted by Gasteiger charge is 2.27. The molecule has 160 valence electrons. The van der Waals surface area contributed by atoms with Crippen molar-refractivity contribution < 1.29 is 14.4 Å². The number of nitrogens with one attached hydrogen (secondary N) is 2. The van der Waals surface area contributed by atoms with Crippen molar-refractivity contribution in [1.82, 2.24) is 15.5 Å². The van der Waals surface area contributed by atoms with Crippen LogP contribution in [0.2, 0.25) is 0 Å². The lowest BCUT2D eigenvalue weighted by Gasteiger charge is -2.32. The van der Waals surface area contributed by atoms with E-state index in [9.17, 15) is 14.4 Å². The summed E-state index contributed by atoms with van der Waals surface area (Å²) < 4.78 is 0. The highest BCUT2D eigenvalue weighted by Crippen LogP contribution is 2.30. The fourth-order valence-corrected chi connectivity index (χ4v) is 4.05. The van der Waals surface area contributed by atoms with Crippen LogP contribution in [0.5, 0.6) is 0 Å². The third-order valence-corrected chi connectivity index (χ3v) is 5.72. The zero-order valence-electron chi connectivity index (χ0n) is 17.2. The fraction of sp³-hybridized carbons (Fsp3) is 0.571. The van der Waals surface area contributed by atoms with Crippen molar-refractivity contribution in [3.63, 3.8) is 0 Å². The summed E-state index contributed by atoms with van der Waals surface area (Å²) in [5.74, 6) is 0.428. The minimum absolute atomic E-state index is 0. The van der Waals surface area contributed by atoms with Crippen LogP contribution in [0.4, 0.5) is 5.69 Å². The summed E-state index contributed by atoms with van der Waals surface area (Å²) in [7, 11) is 1.97. The topological polar surface area (TPSA) is 81.8 Å². The third kappa shape index (κ3) is 5.70. The lowest BCUT2D eigenvalue weighted by Crippen LogP contribution is -2.39. The Morgan fingerprint density at radius 3 is 2.52 bits per heavy atom. The molecule has 8 heteroatoms. The number of piperidine rings is 1. The van der Waals surface area contributed by atoms with Gasteiger partial charge in [0.2, 0.25) is 11.8 Å². The fourth-order valence-electron chi connectivity index (χ4n) is 4.05. The molecule has 3 rings (SSSR count). The molecule has 0 saturated carbocycles. The number of hydrogen-bond donors (Lipinski definition) is 2. The van der Waals surface area contributed by atoms with Gasteiger partial charge in [0.15, 0.2) is 0 Å². The average molecular weight is 423 g/mol. The number of carbonyl (C=O) groups excluding carboxylic acids is 3. The van der Waals surface area contributed by atoms with E-state index in [1.54, 1.807) is 4.90 Å². The number of fused-ring (bicyclic) bond motifs is 1. The van der Waals surface area contributed by atoms with Crippen LogP contribution in [0.25, 0.3) is 0 Å². The van der Waals surface area contributed by atoms with Crippen LogP contribution in [0.3, 0.4) is 0 Å². The first-order valence-electron chi connectivity index (χ1n) is 10.1. The number of hydrogen-bond acceptors (Lipinski definition) is 4. The minimum atomic E-state index is -0.219. The maximum atomic E-state index is 12.9. The van der Waals surface area contributed by atoms with Gasteiger partial charge in [0.1, 0.15) is 0 Å². The molecule has 0 spiro atoms. The second-order valence-corrected chi connectivity index (χ2v) is 7.68. The van der Waals surface area contributed by atoms with Crippen molar-refractivity contribution >= 4 is 35.8 Å². The van der Waals surface area contributed by atoms with Crippen molar-refractivity contribution in [3.8, 4) is 0 Å². The second kappa shape index (κ2) is 10.6. The molecule has 0 aromatic heterocycles. The number of anilines is 1. The molecule has 2 N–H and O–H groups in total. The van der Waals surface area contributed by atoms with E-state index < -0.39 is 0 Å². The highest BCUT2D eigenvalue weighted by atomic mass is 35.5. The van der Waals surface area contributed by atoms with Gasteiger partial charge in [-0.05, 0) is 69.0 Å². The van der Waals surface area contributed by atoms with Crippen LogP contribution in [-0.2, 0) is 16.0 Å². The molecule has 2 aliphatic heterocycles. The number of nitrogens with zero attached hydrogens (tertiary/aromatic N) is 2. The lowest BCUT2D eigenvalue weighted by molar-refractivity contribution is -0.123. The Bertz CT molecular complexity index is 747. The minimum Gasteiger partial charge on any atom is -0.347 e. The van der Waals surface area contributed by atoms with Gasteiger partial charge in [0.25, 0.3) is 5.91 Å². The highest BCUT2D eigenvalue weighted by molar-refractivity contribution is 6.00. The Morgan fingerprint density at radius 2 is 1.86 bits per heavy atom. The first-order valence-corrected chi connectivity index (χ1v) is 10.1. The van der Waals surface area contributed by atoms with E-state index in [-0.39, 0.29) is 36.7 Å². The van der Waals surface area contributed by atoms with Gasteiger partial charge in [-0.15, -0.1) is 12.4 Å². The number of halogens is 1. The molecule has 1 aromatic carbocycles. The summed E-state index contributed by atoms with van der Waals surface area (Å²) in [5, 5.41) is 5.74. The number of rotatable bonds is 6. The average Bonchev–Trinajstić information content (AvgIpc) is 3.13. The number of likely N-dealkylation sites (tertiary alicyclic amines) is 1. The van der Waals surface area contributed by atoms with Crippen LogP contribution < -0.4 is 15.5 Å². The van der Waals surface area contributed by atoms with Crippen LogP contribution in [0.1, 0.15) is 42.1 Å². The summed E-state index contributed by atoms with van der Waals surface area (Å²) in [5.41, 5.74) is 2.56. The van der Waals surface area contributed by atoms with Gasteiger partial charge in [-0.3, -0.25) is 14.4 Å². The van der Waals surface area contributed by atoms with Crippen molar-refractivity contribution in [2.45, 2.75) is 32.6 Å². The molecular weight excluding hydrogens is 392 g/mol. The summed E-state index contributed by atoms with van der Waals surface area (Å²) in [6.45, 7) is 4.63. The first kappa shape index (κ1) is 23.2. The molecule has 1 saturated heterocycles. The zero-order valence-corrected chi connectivity index (χ0v) is 18.0. The van der Waals surface area contributed by atoms with Crippen molar-refractivity contribution in [2.24, 2.45) is 5.92 Å². The Kier molecular flexibility index (Phi) is 8.46. The van der Waals surface area contributed by atoms with E-state index in [2.05, 4.69) is 10.6 Å². The van der Waals surface area contributed by atoms with Gasteiger partial charge in [-0.1, -0.05) is 0 Å². The third-order valence-electron chi connectivity index (χ3n) is 5.72. The zero-order chi connectivity index (χ0) is 20.1. The molecule has 1 fully saturated rings. The number of carbonyl (C=O) groups is 3. The molecule has 7 nitrogen and oxygen atoms in total. The Morgan fingerprint density at radius 1 is 1.14 bits per heavy atom. The van der Waals surface area contributed by atoms with Crippen molar-refractivity contribution in [2.75, 3.05) is 44.7 Å². The smallest absolute Gasteiger partial charge is 0.253 e. The van der Waals surface area contributed by atoms with E-state index in [4.69, 9.17) is 0 Å². The molecule has 29 heavy (non-hydrogen) atoms. The van der Waals surface area contributed by atoms with Gasteiger partial charge >= 0.3 is 0 Å². The molecular formula is C21H31ClN4O3. The number of benzene rings is 1. The van der Waals surface area contributed by atoms with E-state index in [1.807, 2.05) is 30.1 Å². The largest absolute Gasteiger partial charge is 0.347 e. The van der Waals surface area contributed by atoms with Crippen molar-refractivity contribution in [1.29, 1.82) is 0 Å². The molecule has 2 heterocycles. The summed E-state index contributed by atoms with van der Waals surface area (Å²) >= 11 is 0. The van der Waals surface area contributed by atoms with Crippen LogP contribution >= 0.6 is 12.4 Å². The lowest BCUT2D eigenvalue weighted by atomic mass is 9.93. The molecule has 0 atom stereocenters. The Hall–Kier alpha value is -2.12. The standard InChI is InChI=1S/C21H30N4O3.ClH/c1-15(26)23-14-20(27)25-12-8-17-13-18(3-4-19(17)25)21(28)24-10-6-16(7-11-24)5-9-22-2;/h3-4,13,16,22H,5-12,14H2,1-2H3,(H,23,26);1H. The van der Waals surface area contributed by atoms with Gasteiger partial charge in [-0.2, -0.15) is 0 Å². The molecule has 0 radical (unpaired) electrons. The van der Waals surface area contributed by atoms with Crippen molar-refractivity contribution in [3.05, 3.63) is 29.3 Å². The van der Waals surface area contributed by atoms with E-state index in [1.165, 1.54) is 13.3 Å². The summed E-state index contributed by atoms with van der Waals surface area (Å²) in [6, 6.07) is 5.61.